The fraction of sp³-hybridized carbons (Fsp3) is 0.500. The van der Waals surface area contributed by atoms with Gasteiger partial charge in [0, 0.05) is 24.9 Å². The summed E-state index contributed by atoms with van der Waals surface area (Å²) in [6.07, 6.45) is 0.721. The molecule has 0 spiro atoms. The lowest BCUT2D eigenvalue weighted by atomic mass is 10.2. The zero-order chi connectivity index (χ0) is 15.1. The van der Waals surface area contributed by atoms with Crippen LogP contribution < -0.4 is 0 Å². The molecular weight excluding hydrogens is 290 g/mol. The Bertz CT molecular complexity index is 779. The van der Waals surface area contributed by atoms with Crippen LogP contribution in [0, 0.1) is 20.8 Å². The first-order valence-corrected chi connectivity index (χ1v) is 7.42. The van der Waals surface area contributed by atoms with Gasteiger partial charge in [-0.1, -0.05) is 5.16 Å². The van der Waals surface area contributed by atoms with Gasteiger partial charge in [-0.15, -0.1) is 11.6 Å². The van der Waals surface area contributed by atoms with E-state index in [4.69, 9.17) is 21.1 Å². The number of aromatic nitrogens is 5. The average molecular weight is 308 g/mol. The molecule has 3 aromatic rings. The molecular formula is C14H18ClN5O. The first-order chi connectivity index (χ1) is 10.0. The largest absolute Gasteiger partial charge is 0.361 e. The van der Waals surface area contributed by atoms with Crippen LogP contribution in [-0.2, 0) is 20.0 Å². The van der Waals surface area contributed by atoms with Crippen LogP contribution in [0.3, 0.4) is 0 Å². The zero-order valence-corrected chi connectivity index (χ0v) is 13.4. The standard InChI is InChI=1S/C14H18ClN5O/c1-8-11(10(3)21-18-8)7-20-12(5-6-15)16-13-9(2)17-19(4)14(13)20/h5-7H2,1-4H3. The summed E-state index contributed by atoms with van der Waals surface area (Å²) in [6, 6.07) is 0. The lowest BCUT2D eigenvalue weighted by Crippen LogP contribution is -2.10. The summed E-state index contributed by atoms with van der Waals surface area (Å²) in [7, 11) is 1.94. The molecule has 3 heterocycles. The Labute approximate surface area is 127 Å². The molecule has 7 heteroatoms. The van der Waals surface area contributed by atoms with Crippen LogP contribution in [0.4, 0.5) is 0 Å². The Morgan fingerprint density at radius 3 is 2.57 bits per heavy atom. The molecule has 21 heavy (non-hydrogen) atoms. The van der Waals surface area contributed by atoms with Crippen molar-refractivity contribution in [1.82, 2.24) is 24.5 Å². The van der Waals surface area contributed by atoms with Gasteiger partial charge in [0.05, 0.1) is 17.9 Å². The molecule has 3 rings (SSSR count). The van der Waals surface area contributed by atoms with E-state index in [9.17, 15) is 0 Å². The molecule has 0 amide bonds. The van der Waals surface area contributed by atoms with Crippen LogP contribution in [0.2, 0.25) is 0 Å². The molecule has 0 unspecified atom stereocenters. The van der Waals surface area contributed by atoms with E-state index in [1.807, 2.05) is 32.5 Å². The third kappa shape index (κ3) is 2.23. The Morgan fingerprint density at radius 1 is 1.19 bits per heavy atom. The van der Waals surface area contributed by atoms with Gasteiger partial charge in [0.25, 0.3) is 0 Å². The van der Waals surface area contributed by atoms with Crippen molar-refractivity contribution in [2.24, 2.45) is 7.05 Å². The molecule has 0 bridgehead atoms. The van der Waals surface area contributed by atoms with E-state index >= 15 is 0 Å². The second-order valence-electron chi connectivity index (χ2n) is 5.24. The van der Waals surface area contributed by atoms with Crippen molar-refractivity contribution in [3.8, 4) is 0 Å². The quantitative estimate of drug-likeness (QED) is 0.695. The zero-order valence-electron chi connectivity index (χ0n) is 12.6. The number of halogens is 1. The van der Waals surface area contributed by atoms with Gasteiger partial charge < -0.3 is 9.09 Å². The molecule has 0 aliphatic heterocycles. The summed E-state index contributed by atoms with van der Waals surface area (Å²) in [4.78, 5) is 4.71. The van der Waals surface area contributed by atoms with Crippen molar-refractivity contribution in [1.29, 1.82) is 0 Å². The lowest BCUT2D eigenvalue weighted by Gasteiger charge is -2.08. The van der Waals surface area contributed by atoms with E-state index in [2.05, 4.69) is 14.8 Å². The minimum atomic E-state index is 0.539. The number of hydrogen-bond acceptors (Lipinski definition) is 4. The smallest absolute Gasteiger partial charge is 0.158 e. The molecule has 0 N–H and O–H groups in total. The Hall–Kier alpha value is -1.82. The van der Waals surface area contributed by atoms with E-state index in [1.165, 1.54) is 0 Å². The van der Waals surface area contributed by atoms with Crippen LogP contribution in [0.1, 0.15) is 28.5 Å². The minimum Gasteiger partial charge on any atom is -0.361 e. The monoisotopic (exact) mass is 307 g/mol. The molecule has 0 aromatic carbocycles. The number of hydrogen-bond donors (Lipinski definition) is 0. The second kappa shape index (κ2) is 5.18. The summed E-state index contributed by atoms with van der Waals surface area (Å²) >= 11 is 5.92. The molecule has 0 aliphatic rings. The predicted molar refractivity (Wildman–Crippen MR) is 80.7 cm³/mol. The fourth-order valence-electron chi connectivity index (χ4n) is 2.71. The van der Waals surface area contributed by atoms with Crippen molar-refractivity contribution in [2.75, 3.05) is 5.88 Å². The molecule has 0 saturated carbocycles. The maximum Gasteiger partial charge on any atom is 0.158 e. The first kappa shape index (κ1) is 14.1. The van der Waals surface area contributed by atoms with Crippen LogP contribution in [0.15, 0.2) is 4.52 Å². The van der Waals surface area contributed by atoms with Gasteiger partial charge in [0.15, 0.2) is 5.65 Å². The molecule has 0 fully saturated rings. The van der Waals surface area contributed by atoms with Crippen molar-refractivity contribution in [3.63, 3.8) is 0 Å². The third-order valence-electron chi connectivity index (χ3n) is 3.78. The maximum absolute atomic E-state index is 5.92. The molecule has 6 nitrogen and oxygen atoms in total. The van der Waals surface area contributed by atoms with Gasteiger partial charge in [-0.2, -0.15) is 5.10 Å². The molecule has 3 aromatic heterocycles. The number of aryl methyl sites for hydroxylation is 5. The summed E-state index contributed by atoms with van der Waals surface area (Å²) in [6.45, 7) is 6.53. The molecule has 0 radical (unpaired) electrons. The SMILES string of the molecule is Cc1noc(C)c1Cn1c(CCCl)nc2c(C)nn(C)c21. The molecule has 0 saturated heterocycles. The Kier molecular flexibility index (Phi) is 3.49. The number of nitrogens with zero attached hydrogens (tertiary/aromatic N) is 5. The summed E-state index contributed by atoms with van der Waals surface area (Å²) in [5.41, 5.74) is 4.87. The second-order valence-corrected chi connectivity index (χ2v) is 5.62. The van der Waals surface area contributed by atoms with E-state index < -0.39 is 0 Å². The number of fused-ring (bicyclic) bond motifs is 1. The van der Waals surface area contributed by atoms with Crippen molar-refractivity contribution >= 4 is 22.8 Å². The predicted octanol–water partition coefficient (Wildman–Crippen LogP) is 2.51. The molecule has 0 aliphatic carbocycles. The topological polar surface area (TPSA) is 61.7 Å². The first-order valence-electron chi connectivity index (χ1n) is 6.89. The summed E-state index contributed by atoms with van der Waals surface area (Å²) in [5, 5.41) is 8.47. The highest BCUT2D eigenvalue weighted by atomic mass is 35.5. The summed E-state index contributed by atoms with van der Waals surface area (Å²) < 4.78 is 9.28. The minimum absolute atomic E-state index is 0.539. The average Bonchev–Trinajstić information content (AvgIpc) is 3.03. The van der Waals surface area contributed by atoms with Crippen molar-refractivity contribution < 1.29 is 4.52 Å². The van der Waals surface area contributed by atoms with Gasteiger partial charge in [-0.25, -0.2) is 4.98 Å². The van der Waals surface area contributed by atoms with Gasteiger partial charge >= 0.3 is 0 Å². The van der Waals surface area contributed by atoms with Crippen LogP contribution in [-0.4, -0.2) is 30.4 Å². The van der Waals surface area contributed by atoms with E-state index in [1.54, 1.807) is 0 Å². The Morgan fingerprint density at radius 2 is 1.95 bits per heavy atom. The van der Waals surface area contributed by atoms with E-state index in [0.29, 0.717) is 12.4 Å². The van der Waals surface area contributed by atoms with Gasteiger partial charge in [-0.3, -0.25) is 4.68 Å². The van der Waals surface area contributed by atoms with Crippen LogP contribution >= 0.6 is 11.6 Å². The third-order valence-corrected chi connectivity index (χ3v) is 3.97. The number of alkyl halides is 1. The fourth-order valence-corrected chi connectivity index (χ4v) is 2.88. The van der Waals surface area contributed by atoms with E-state index in [0.717, 1.165) is 46.1 Å². The van der Waals surface area contributed by atoms with Gasteiger partial charge in [0.1, 0.15) is 17.1 Å². The van der Waals surface area contributed by atoms with Crippen molar-refractivity contribution in [2.45, 2.75) is 33.7 Å². The maximum atomic E-state index is 5.92. The van der Waals surface area contributed by atoms with Crippen LogP contribution in [0.25, 0.3) is 11.2 Å². The van der Waals surface area contributed by atoms with Gasteiger partial charge in [0.2, 0.25) is 0 Å². The Balaban J connectivity index is 2.17. The molecule has 112 valence electrons. The highest BCUT2D eigenvalue weighted by Crippen LogP contribution is 2.23. The summed E-state index contributed by atoms with van der Waals surface area (Å²) in [5.74, 6) is 2.35. The highest BCUT2D eigenvalue weighted by molar-refractivity contribution is 6.17. The lowest BCUT2D eigenvalue weighted by molar-refractivity contribution is 0.392. The normalized spacial score (nSPS) is 11.7. The highest BCUT2D eigenvalue weighted by Gasteiger charge is 2.19. The number of rotatable bonds is 4. The van der Waals surface area contributed by atoms with Crippen molar-refractivity contribution in [3.05, 3.63) is 28.5 Å². The van der Waals surface area contributed by atoms with E-state index in [-0.39, 0.29) is 0 Å². The van der Waals surface area contributed by atoms with Gasteiger partial charge in [-0.05, 0) is 20.8 Å². The molecule has 0 atom stereocenters. The van der Waals surface area contributed by atoms with Crippen LogP contribution in [0.5, 0.6) is 0 Å². The number of imidazole rings is 1.